The van der Waals surface area contributed by atoms with Gasteiger partial charge in [-0.1, -0.05) is 27.7 Å². The molecule has 1 fully saturated rings. The first-order valence-electron chi connectivity index (χ1n) is 6.62. The van der Waals surface area contributed by atoms with Gasteiger partial charge < -0.3 is 10.4 Å². The summed E-state index contributed by atoms with van der Waals surface area (Å²) < 4.78 is 0. The molecule has 1 aromatic rings. The summed E-state index contributed by atoms with van der Waals surface area (Å²) in [5.74, 6) is 0.0809. The van der Waals surface area contributed by atoms with Crippen LogP contribution in [0.25, 0.3) is 0 Å². The van der Waals surface area contributed by atoms with Crippen molar-refractivity contribution in [2.24, 2.45) is 16.7 Å². The van der Waals surface area contributed by atoms with Crippen LogP contribution in [0, 0.1) is 23.7 Å². The van der Waals surface area contributed by atoms with Crippen molar-refractivity contribution < 1.29 is 9.90 Å². The number of nitrogens with zero attached hydrogens (tertiary/aromatic N) is 1. The maximum atomic E-state index is 11.3. The minimum Gasteiger partial charge on any atom is -0.478 e. The third-order valence-corrected chi connectivity index (χ3v) is 5.17. The highest BCUT2D eigenvalue weighted by molar-refractivity contribution is 5.94. The van der Waals surface area contributed by atoms with Crippen LogP contribution >= 0.6 is 0 Å². The van der Waals surface area contributed by atoms with E-state index >= 15 is 0 Å². The lowest BCUT2D eigenvalue weighted by Gasteiger charge is -2.11. The zero-order valence-electron chi connectivity index (χ0n) is 12.2. The van der Waals surface area contributed by atoms with E-state index in [-0.39, 0.29) is 16.4 Å². The summed E-state index contributed by atoms with van der Waals surface area (Å²) >= 11 is 0. The number of carboxylic acid groups (broad SMARTS) is 1. The van der Waals surface area contributed by atoms with Crippen molar-refractivity contribution in [2.75, 3.05) is 11.9 Å². The van der Waals surface area contributed by atoms with Crippen molar-refractivity contribution in [3.63, 3.8) is 0 Å². The maximum absolute atomic E-state index is 11.3. The molecular weight excluding hydrogens is 240 g/mol. The fraction of sp³-hybridized carbons (Fsp3) is 0.600. The maximum Gasteiger partial charge on any atom is 0.339 e. The van der Waals surface area contributed by atoms with Gasteiger partial charge in [0.05, 0.1) is 0 Å². The lowest BCUT2D eigenvalue weighted by atomic mass is 10.0. The summed E-state index contributed by atoms with van der Waals surface area (Å²) in [7, 11) is 0. The average molecular weight is 262 g/mol. The minimum atomic E-state index is -0.928. The Balaban J connectivity index is 2.14. The third kappa shape index (κ3) is 2.09. The Morgan fingerprint density at radius 1 is 1.37 bits per heavy atom. The van der Waals surface area contributed by atoms with Crippen LogP contribution in [0.15, 0.2) is 12.3 Å². The Bertz CT molecular complexity index is 507. The van der Waals surface area contributed by atoms with Crippen LogP contribution in [0.4, 0.5) is 5.82 Å². The normalized spacial score (nSPS) is 20.1. The van der Waals surface area contributed by atoms with Gasteiger partial charge in [-0.25, -0.2) is 9.78 Å². The van der Waals surface area contributed by atoms with E-state index in [1.807, 2.05) is 0 Å². The summed E-state index contributed by atoms with van der Waals surface area (Å²) in [6.45, 7) is 11.6. The Morgan fingerprint density at radius 3 is 2.42 bits per heavy atom. The molecule has 1 aliphatic carbocycles. The van der Waals surface area contributed by atoms with E-state index in [4.69, 9.17) is 0 Å². The van der Waals surface area contributed by atoms with Crippen LogP contribution in [-0.4, -0.2) is 22.6 Å². The minimum absolute atomic E-state index is 0.277. The van der Waals surface area contributed by atoms with E-state index in [0.717, 1.165) is 12.1 Å². The van der Waals surface area contributed by atoms with Crippen LogP contribution in [0.3, 0.4) is 0 Å². The Morgan fingerprint density at radius 2 is 1.95 bits per heavy atom. The van der Waals surface area contributed by atoms with E-state index in [9.17, 15) is 9.90 Å². The molecule has 1 aliphatic rings. The third-order valence-electron chi connectivity index (χ3n) is 5.17. The van der Waals surface area contributed by atoms with Crippen molar-refractivity contribution in [3.05, 3.63) is 23.4 Å². The summed E-state index contributed by atoms with van der Waals surface area (Å²) in [6.07, 6.45) is 1.65. The molecule has 19 heavy (non-hydrogen) atoms. The molecule has 0 atom stereocenters. The molecule has 2 N–H and O–H groups in total. The van der Waals surface area contributed by atoms with Crippen LogP contribution < -0.4 is 5.32 Å². The lowest BCUT2D eigenvalue weighted by molar-refractivity contribution is 0.0697. The Hall–Kier alpha value is -1.58. The number of rotatable bonds is 4. The zero-order valence-corrected chi connectivity index (χ0v) is 12.2. The van der Waals surface area contributed by atoms with Crippen LogP contribution in [0.1, 0.15) is 43.6 Å². The van der Waals surface area contributed by atoms with E-state index in [1.165, 1.54) is 0 Å². The van der Waals surface area contributed by atoms with Gasteiger partial charge in [-0.3, -0.25) is 0 Å². The average Bonchev–Trinajstić information content (AvgIpc) is 2.66. The van der Waals surface area contributed by atoms with E-state index in [0.29, 0.717) is 11.7 Å². The molecule has 1 saturated carbocycles. The zero-order chi connectivity index (χ0) is 14.4. The number of carboxylic acids is 1. The number of aromatic nitrogens is 1. The van der Waals surface area contributed by atoms with E-state index in [2.05, 4.69) is 38.0 Å². The standard InChI is InChI=1S/C15H22N2O2/c1-9-6-7-16-12(11(9)13(18)19)17-8-10-14(2,3)15(10,4)5/h6-7,10H,8H2,1-5H3,(H,16,17)(H,18,19). The number of hydrogen-bond acceptors (Lipinski definition) is 3. The van der Waals surface area contributed by atoms with Crippen LogP contribution in [0.5, 0.6) is 0 Å². The first-order chi connectivity index (χ1) is 8.69. The SMILES string of the molecule is Cc1ccnc(NCC2C(C)(C)C2(C)C)c1C(=O)O. The molecule has 2 rings (SSSR count). The Labute approximate surface area is 114 Å². The molecule has 0 radical (unpaired) electrons. The molecule has 0 unspecified atom stereocenters. The fourth-order valence-electron chi connectivity index (χ4n) is 3.00. The first-order valence-corrected chi connectivity index (χ1v) is 6.62. The number of aromatic carboxylic acids is 1. The largest absolute Gasteiger partial charge is 0.478 e. The number of nitrogens with one attached hydrogen (secondary N) is 1. The molecule has 0 aliphatic heterocycles. The lowest BCUT2D eigenvalue weighted by Crippen LogP contribution is -2.14. The van der Waals surface area contributed by atoms with Crippen molar-refractivity contribution in [3.8, 4) is 0 Å². The van der Waals surface area contributed by atoms with Gasteiger partial charge in [-0.15, -0.1) is 0 Å². The summed E-state index contributed by atoms with van der Waals surface area (Å²) in [5.41, 5.74) is 1.58. The second-order valence-electron chi connectivity index (χ2n) is 6.53. The number of hydrogen-bond donors (Lipinski definition) is 2. The van der Waals surface area contributed by atoms with Gasteiger partial charge in [-0.2, -0.15) is 0 Å². The molecule has 0 saturated heterocycles. The van der Waals surface area contributed by atoms with Crippen LogP contribution in [-0.2, 0) is 0 Å². The molecule has 0 amide bonds. The van der Waals surface area contributed by atoms with Crippen LogP contribution in [0.2, 0.25) is 0 Å². The second-order valence-corrected chi connectivity index (χ2v) is 6.53. The summed E-state index contributed by atoms with van der Waals surface area (Å²) in [4.78, 5) is 15.4. The highest BCUT2D eigenvalue weighted by Gasteiger charge is 2.64. The molecule has 0 bridgehead atoms. The molecule has 0 spiro atoms. The first kappa shape index (κ1) is 13.8. The molecule has 104 valence electrons. The fourth-order valence-corrected chi connectivity index (χ4v) is 3.00. The van der Waals surface area contributed by atoms with Gasteiger partial charge in [0.15, 0.2) is 0 Å². The number of pyridine rings is 1. The van der Waals surface area contributed by atoms with Crippen molar-refractivity contribution in [1.29, 1.82) is 0 Å². The predicted molar refractivity (Wildman–Crippen MR) is 75.5 cm³/mol. The molecule has 0 aromatic carbocycles. The topological polar surface area (TPSA) is 62.2 Å². The molecule has 1 aromatic heterocycles. The summed E-state index contributed by atoms with van der Waals surface area (Å²) in [5, 5.41) is 12.5. The van der Waals surface area contributed by atoms with Gasteiger partial charge in [-0.05, 0) is 35.3 Å². The number of carbonyl (C=O) groups is 1. The van der Waals surface area contributed by atoms with Gasteiger partial charge in [0.2, 0.25) is 0 Å². The van der Waals surface area contributed by atoms with Gasteiger partial charge in [0.1, 0.15) is 11.4 Å². The van der Waals surface area contributed by atoms with Crippen molar-refractivity contribution in [1.82, 2.24) is 4.98 Å². The van der Waals surface area contributed by atoms with E-state index < -0.39 is 5.97 Å². The molecule has 4 heteroatoms. The highest BCUT2D eigenvalue weighted by atomic mass is 16.4. The van der Waals surface area contributed by atoms with Gasteiger partial charge in [0, 0.05) is 12.7 Å². The predicted octanol–water partition coefficient (Wildman–Crippen LogP) is 3.18. The molecule has 4 nitrogen and oxygen atoms in total. The monoisotopic (exact) mass is 262 g/mol. The smallest absolute Gasteiger partial charge is 0.339 e. The van der Waals surface area contributed by atoms with Crippen molar-refractivity contribution in [2.45, 2.75) is 34.6 Å². The van der Waals surface area contributed by atoms with Gasteiger partial charge >= 0.3 is 5.97 Å². The number of aryl methyl sites for hydroxylation is 1. The molecular formula is C15H22N2O2. The van der Waals surface area contributed by atoms with Crippen molar-refractivity contribution >= 4 is 11.8 Å². The van der Waals surface area contributed by atoms with Gasteiger partial charge in [0.25, 0.3) is 0 Å². The summed E-state index contributed by atoms with van der Waals surface area (Å²) in [6, 6.07) is 1.72. The quantitative estimate of drug-likeness (QED) is 0.874. The highest BCUT2D eigenvalue weighted by Crippen LogP contribution is 2.68. The Kier molecular flexibility index (Phi) is 3.07. The second kappa shape index (κ2) is 4.22. The molecule has 1 heterocycles. The number of anilines is 1. The van der Waals surface area contributed by atoms with E-state index in [1.54, 1.807) is 19.2 Å².